The van der Waals surface area contributed by atoms with Gasteiger partial charge in [0.25, 0.3) is 5.91 Å². The number of hydrogen-bond donors (Lipinski definition) is 1. The summed E-state index contributed by atoms with van der Waals surface area (Å²) in [5.41, 5.74) is 0.594. The van der Waals surface area contributed by atoms with Crippen LogP contribution in [0.1, 0.15) is 42.2 Å². The van der Waals surface area contributed by atoms with E-state index in [1.165, 1.54) is 18.3 Å². The summed E-state index contributed by atoms with van der Waals surface area (Å²) in [4.78, 5) is 29.9. The Balaban J connectivity index is 1.94. The minimum absolute atomic E-state index is 0.0586. The lowest BCUT2D eigenvalue weighted by molar-refractivity contribution is -0.133. The van der Waals surface area contributed by atoms with E-state index in [9.17, 15) is 9.59 Å². The summed E-state index contributed by atoms with van der Waals surface area (Å²) in [5.74, 6) is -0.464. The molecule has 2 heterocycles. The van der Waals surface area contributed by atoms with Crippen LogP contribution in [0.25, 0.3) is 0 Å². The molecular formula is C15H18N4O2. The van der Waals surface area contributed by atoms with Crippen LogP contribution in [-0.2, 0) is 4.79 Å². The first-order chi connectivity index (χ1) is 10.1. The van der Waals surface area contributed by atoms with Gasteiger partial charge >= 0.3 is 0 Å². The molecule has 1 aliphatic rings. The minimum atomic E-state index is -0.576. The summed E-state index contributed by atoms with van der Waals surface area (Å²) in [7, 11) is 0. The van der Waals surface area contributed by atoms with Crippen molar-refractivity contribution in [2.45, 2.75) is 32.2 Å². The Morgan fingerprint density at radius 2 is 2.05 bits per heavy atom. The molecule has 1 saturated heterocycles. The van der Waals surface area contributed by atoms with E-state index in [0.717, 1.165) is 32.4 Å². The zero-order valence-corrected chi connectivity index (χ0v) is 12.0. The van der Waals surface area contributed by atoms with Crippen molar-refractivity contribution in [3.05, 3.63) is 29.6 Å². The molecule has 1 atom stereocenters. The number of amides is 2. The summed E-state index contributed by atoms with van der Waals surface area (Å²) in [6.07, 6.45) is 4.53. The first-order valence-electron chi connectivity index (χ1n) is 7.07. The second-order valence-electron chi connectivity index (χ2n) is 5.13. The van der Waals surface area contributed by atoms with Crippen LogP contribution in [0.15, 0.2) is 18.3 Å². The normalized spacial score (nSPS) is 15.9. The van der Waals surface area contributed by atoms with E-state index in [1.807, 2.05) is 6.07 Å². The Morgan fingerprint density at radius 1 is 1.33 bits per heavy atom. The van der Waals surface area contributed by atoms with Gasteiger partial charge in [0.1, 0.15) is 17.8 Å². The highest BCUT2D eigenvalue weighted by Gasteiger charge is 2.23. The Bertz CT molecular complexity index is 556. The highest BCUT2D eigenvalue weighted by atomic mass is 16.2. The van der Waals surface area contributed by atoms with Crippen LogP contribution in [0.5, 0.6) is 0 Å². The number of nitrogens with zero attached hydrogens (tertiary/aromatic N) is 3. The van der Waals surface area contributed by atoms with Crippen LogP contribution >= 0.6 is 0 Å². The zero-order valence-electron chi connectivity index (χ0n) is 12.0. The van der Waals surface area contributed by atoms with Gasteiger partial charge in [-0.25, -0.2) is 4.98 Å². The van der Waals surface area contributed by atoms with Crippen LogP contribution in [0, 0.1) is 11.3 Å². The molecule has 0 radical (unpaired) electrons. The molecular weight excluding hydrogens is 268 g/mol. The number of piperidine rings is 1. The molecule has 110 valence electrons. The van der Waals surface area contributed by atoms with Gasteiger partial charge in [0.05, 0.1) is 5.56 Å². The lowest BCUT2D eigenvalue weighted by Crippen LogP contribution is -2.48. The largest absolute Gasteiger partial charge is 0.341 e. The van der Waals surface area contributed by atoms with Gasteiger partial charge in [0.2, 0.25) is 5.91 Å². The molecule has 1 unspecified atom stereocenters. The first-order valence-corrected chi connectivity index (χ1v) is 7.07. The van der Waals surface area contributed by atoms with Crippen molar-refractivity contribution in [1.29, 1.82) is 5.26 Å². The fourth-order valence-electron chi connectivity index (χ4n) is 2.31. The number of nitrogens with one attached hydrogen (secondary N) is 1. The molecule has 1 aromatic heterocycles. The third kappa shape index (κ3) is 3.78. The number of rotatable bonds is 3. The molecule has 0 saturated carbocycles. The number of nitriles is 1. The Morgan fingerprint density at radius 3 is 2.62 bits per heavy atom. The lowest BCUT2D eigenvalue weighted by Gasteiger charge is -2.29. The Kier molecular flexibility index (Phi) is 4.88. The fourth-order valence-corrected chi connectivity index (χ4v) is 2.31. The van der Waals surface area contributed by atoms with E-state index in [0.29, 0.717) is 5.56 Å². The maximum Gasteiger partial charge on any atom is 0.270 e. The molecule has 2 amide bonds. The van der Waals surface area contributed by atoms with Gasteiger partial charge in [-0.05, 0) is 38.3 Å². The average molecular weight is 286 g/mol. The molecule has 0 aromatic carbocycles. The van der Waals surface area contributed by atoms with Crippen LogP contribution in [0.4, 0.5) is 0 Å². The second-order valence-corrected chi connectivity index (χ2v) is 5.13. The van der Waals surface area contributed by atoms with E-state index in [4.69, 9.17) is 5.26 Å². The summed E-state index contributed by atoms with van der Waals surface area (Å²) in [6.45, 7) is 3.20. The molecule has 21 heavy (non-hydrogen) atoms. The predicted molar refractivity (Wildman–Crippen MR) is 76.3 cm³/mol. The van der Waals surface area contributed by atoms with Gasteiger partial charge in [-0.2, -0.15) is 5.26 Å². The van der Waals surface area contributed by atoms with Crippen molar-refractivity contribution in [1.82, 2.24) is 15.2 Å². The first kappa shape index (κ1) is 15.0. The smallest absolute Gasteiger partial charge is 0.270 e. The Labute approximate surface area is 123 Å². The summed E-state index contributed by atoms with van der Waals surface area (Å²) < 4.78 is 0. The van der Waals surface area contributed by atoms with Crippen molar-refractivity contribution in [2.75, 3.05) is 13.1 Å². The molecule has 1 N–H and O–H groups in total. The van der Waals surface area contributed by atoms with Crippen LogP contribution in [0.3, 0.4) is 0 Å². The summed E-state index contributed by atoms with van der Waals surface area (Å²) in [6, 6.07) is 4.37. The molecule has 1 aliphatic heterocycles. The van der Waals surface area contributed by atoms with E-state index < -0.39 is 11.9 Å². The maximum absolute atomic E-state index is 12.2. The molecule has 1 aromatic rings. The van der Waals surface area contributed by atoms with Crippen molar-refractivity contribution in [2.24, 2.45) is 0 Å². The number of carbonyl (C=O) groups is 2. The van der Waals surface area contributed by atoms with Crippen LogP contribution in [0.2, 0.25) is 0 Å². The number of aromatic nitrogens is 1. The standard InChI is InChI=1S/C15H18N4O2/c1-11(15(21)19-7-3-2-4-8-19)18-14(20)13-6-5-12(9-16)10-17-13/h5-6,10-11H,2-4,7-8H2,1H3,(H,18,20). The molecule has 6 heteroatoms. The van der Waals surface area contributed by atoms with Gasteiger partial charge in [-0.1, -0.05) is 0 Å². The maximum atomic E-state index is 12.2. The zero-order chi connectivity index (χ0) is 15.2. The summed E-state index contributed by atoms with van der Waals surface area (Å²) in [5, 5.41) is 11.3. The minimum Gasteiger partial charge on any atom is -0.341 e. The topological polar surface area (TPSA) is 86.1 Å². The van der Waals surface area contributed by atoms with Crippen molar-refractivity contribution >= 4 is 11.8 Å². The van der Waals surface area contributed by atoms with Gasteiger partial charge < -0.3 is 10.2 Å². The molecule has 1 fully saturated rings. The van der Waals surface area contributed by atoms with E-state index in [1.54, 1.807) is 11.8 Å². The average Bonchev–Trinajstić information content (AvgIpc) is 2.55. The number of hydrogen-bond acceptors (Lipinski definition) is 4. The third-order valence-corrected chi connectivity index (χ3v) is 3.51. The highest BCUT2D eigenvalue weighted by molar-refractivity contribution is 5.96. The van der Waals surface area contributed by atoms with Gasteiger partial charge in [0, 0.05) is 19.3 Å². The van der Waals surface area contributed by atoms with E-state index >= 15 is 0 Å². The highest BCUT2D eigenvalue weighted by Crippen LogP contribution is 2.10. The molecule has 6 nitrogen and oxygen atoms in total. The lowest BCUT2D eigenvalue weighted by atomic mass is 10.1. The van der Waals surface area contributed by atoms with Gasteiger partial charge in [-0.3, -0.25) is 9.59 Å². The third-order valence-electron chi connectivity index (χ3n) is 3.51. The molecule has 0 aliphatic carbocycles. The van der Waals surface area contributed by atoms with Crippen molar-refractivity contribution < 1.29 is 9.59 Å². The Hall–Kier alpha value is -2.42. The quantitative estimate of drug-likeness (QED) is 0.901. The number of carbonyl (C=O) groups excluding carboxylic acids is 2. The van der Waals surface area contributed by atoms with E-state index in [2.05, 4.69) is 10.3 Å². The molecule has 2 rings (SSSR count). The van der Waals surface area contributed by atoms with Crippen molar-refractivity contribution in [3.8, 4) is 6.07 Å². The van der Waals surface area contributed by atoms with Crippen LogP contribution in [-0.4, -0.2) is 40.8 Å². The molecule has 0 bridgehead atoms. The fraction of sp³-hybridized carbons (Fsp3) is 0.467. The monoisotopic (exact) mass is 286 g/mol. The second kappa shape index (κ2) is 6.84. The SMILES string of the molecule is CC(NC(=O)c1ccc(C#N)cn1)C(=O)N1CCCCC1. The van der Waals surface area contributed by atoms with E-state index in [-0.39, 0.29) is 11.6 Å². The van der Waals surface area contributed by atoms with Gasteiger partial charge in [0.15, 0.2) is 0 Å². The predicted octanol–water partition coefficient (Wildman–Crippen LogP) is 1.08. The summed E-state index contributed by atoms with van der Waals surface area (Å²) >= 11 is 0. The van der Waals surface area contributed by atoms with Gasteiger partial charge in [-0.15, -0.1) is 0 Å². The molecule has 0 spiro atoms. The van der Waals surface area contributed by atoms with Crippen LogP contribution < -0.4 is 5.32 Å². The number of pyridine rings is 1. The van der Waals surface area contributed by atoms with Crippen molar-refractivity contribution in [3.63, 3.8) is 0 Å². The number of likely N-dealkylation sites (tertiary alicyclic amines) is 1.